The maximum Gasteiger partial charge on any atom is 0.488 e. The lowest BCUT2D eigenvalue weighted by molar-refractivity contribution is -0.0478. The number of nitrogens with zero attached hydrogens (tertiary/aromatic N) is 4. The lowest BCUT2D eigenvalue weighted by Gasteiger charge is -2.22. The Morgan fingerprint density at radius 2 is 2.15 bits per heavy atom. The summed E-state index contributed by atoms with van der Waals surface area (Å²) in [4.78, 5) is 22.5. The van der Waals surface area contributed by atoms with Crippen molar-refractivity contribution >= 4 is 65.8 Å². The number of fused-ring (bicyclic) bond motifs is 1. The van der Waals surface area contributed by atoms with Crippen molar-refractivity contribution in [1.82, 2.24) is 19.5 Å². The zero-order chi connectivity index (χ0) is 23.6. The third kappa shape index (κ3) is 5.60. The molecule has 2 radical (unpaired) electrons. The minimum atomic E-state index is -3.44. The van der Waals surface area contributed by atoms with Gasteiger partial charge in [-0.15, -0.1) is 0 Å². The first-order valence-electron chi connectivity index (χ1n) is 9.61. The van der Waals surface area contributed by atoms with Gasteiger partial charge >= 0.3 is 20.6 Å². The highest BCUT2D eigenvalue weighted by Crippen LogP contribution is 2.51. The lowest BCUT2D eigenvalue weighted by Crippen LogP contribution is -2.27. The summed E-state index contributed by atoms with van der Waals surface area (Å²) in [6.45, 7) is -0.0430. The molecular weight excluding hydrogens is 536 g/mol. The molecule has 1 fully saturated rings. The highest BCUT2D eigenvalue weighted by molar-refractivity contribution is 9.10. The van der Waals surface area contributed by atoms with E-state index in [1.807, 2.05) is 18.2 Å². The number of hydrogen-bond donors (Lipinski definition) is 2. The zero-order valence-electron chi connectivity index (χ0n) is 17.3. The molecule has 3 heterocycles. The molecule has 3 N–H and O–H groups in total. The van der Waals surface area contributed by atoms with E-state index in [2.05, 4.69) is 30.9 Å². The van der Waals surface area contributed by atoms with Crippen molar-refractivity contribution in [2.45, 2.75) is 24.9 Å². The van der Waals surface area contributed by atoms with E-state index in [0.717, 1.165) is 0 Å². The number of para-hydroxylation sites is 1. The Morgan fingerprint density at radius 3 is 2.88 bits per heavy atom. The van der Waals surface area contributed by atoms with E-state index in [1.165, 1.54) is 13.4 Å². The summed E-state index contributed by atoms with van der Waals surface area (Å²) in [5.74, 6) is 0.751. The van der Waals surface area contributed by atoms with Crippen LogP contribution in [0.25, 0.3) is 11.2 Å². The number of anilines is 1. The molecule has 0 amide bonds. The monoisotopic (exact) mass is 554 g/mol. The Hall–Kier alpha value is -1.93. The Kier molecular flexibility index (Phi) is 7.44. The van der Waals surface area contributed by atoms with Gasteiger partial charge in [-0.2, -0.15) is 9.05 Å². The molecule has 1 unspecified atom stereocenters. The van der Waals surface area contributed by atoms with Gasteiger partial charge in [-0.05, 0) is 28.1 Å². The quantitative estimate of drug-likeness (QED) is 0.193. The summed E-state index contributed by atoms with van der Waals surface area (Å²) in [6.07, 6.45) is -0.218. The van der Waals surface area contributed by atoms with Crippen molar-refractivity contribution < 1.29 is 28.2 Å². The third-order valence-corrected chi connectivity index (χ3v) is 6.54. The van der Waals surface area contributed by atoms with Gasteiger partial charge in [0.05, 0.1) is 13.2 Å². The van der Waals surface area contributed by atoms with Gasteiger partial charge in [0, 0.05) is 18.6 Å². The average Bonchev–Trinajstić information content (AvgIpc) is 3.33. The standard InChI is InChI=1S/C18H19BBrN5O6PS/c1-27-32(19,26)28-8-11-7-12(31-18(33)30-10-5-3-2-4-6-10)16(29-11)25-15-13(24-17(25)20)14(21)22-9-23-15/h2-6,9,11-12,16,26H,7-8H2,1H3,(H2,21,22,23)/q+1/t11-,12-,16+,32?/m0/s1. The number of halogens is 1. The molecule has 0 aliphatic carbocycles. The van der Waals surface area contributed by atoms with E-state index in [0.29, 0.717) is 28.1 Å². The molecule has 1 saturated heterocycles. The number of aromatic nitrogens is 4. The molecule has 0 spiro atoms. The van der Waals surface area contributed by atoms with Crippen LogP contribution in [0.1, 0.15) is 12.6 Å². The Bertz CT molecular complexity index is 1140. The maximum atomic E-state index is 9.89. The highest BCUT2D eigenvalue weighted by Gasteiger charge is 2.43. The van der Waals surface area contributed by atoms with Gasteiger partial charge in [0.15, 0.2) is 34.0 Å². The highest BCUT2D eigenvalue weighted by atomic mass is 79.9. The van der Waals surface area contributed by atoms with Gasteiger partial charge in [-0.3, -0.25) is 4.57 Å². The second-order valence-corrected chi connectivity index (χ2v) is 9.72. The van der Waals surface area contributed by atoms with Gasteiger partial charge < -0.3 is 19.9 Å². The van der Waals surface area contributed by atoms with Gasteiger partial charge in [-0.25, -0.2) is 19.8 Å². The molecule has 0 saturated carbocycles. The summed E-state index contributed by atoms with van der Waals surface area (Å²) in [5, 5.41) is -0.0872. The fraction of sp³-hybridized carbons (Fsp3) is 0.333. The van der Waals surface area contributed by atoms with Crippen molar-refractivity contribution in [2.75, 3.05) is 19.5 Å². The van der Waals surface area contributed by atoms with Gasteiger partial charge in [0.25, 0.3) is 0 Å². The number of nitrogens with two attached hydrogens (primary N) is 1. The predicted octanol–water partition coefficient (Wildman–Crippen LogP) is 2.71. The molecule has 2 aromatic heterocycles. The summed E-state index contributed by atoms with van der Waals surface area (Å²) >= 11 is 8.72. The number of imidazole rings is 1. The fourth-order valence-electron chi connectivity index (χ4n) is 3.26. The number of nitrogen functional groups attached to an aromatic ring is 1. The largest absolute Gasteiger partial charge is 0.488 e. The van der Waals surface area contributed by atoms with Crippen molar-refractivity contribution in [1.29, 1.82) is 0 Å². The van der Waals surface area contributed by atoms with Crippen LogP contribution >= 0.6 is 36.0 Å². The molecular formula is C18H19BBrN5O6PS+. The molecule has 11 nitrogen and oxygen atoms in total. The summed E-state index contributed by atoms with van der Waals surface area (Å²) in [5.41, 5.74) is 6.78. The normalized spacial score (nSPS) is 22.2. The predicted molar refractivity (Wildman–Crippen MR) is 128 cm³/mol. The van der Waals surface area contributed by atoms with Crippen molar-refractivity contribution in [3.05, 3.63) is 41.4 Å². The molecule has 0 bridgehead atoms. The molecule has 1 aliphatic rings. The summed E-state index contributed by atoms with van der Waals surface area (Å²) in [7, 11) is 3.40. The average molecular weight is 555 g/mol. The van der Waals surface area contributed by atoms with Gasteiger partial charge in [0.2, 0.25) is 0 Å². The van der Waals surface area contributed by atoms with Crippen LogP contribution in [-0.4, -0.2) is 63.1 Å². The first kappa shape index (κ1) is 24.2. The molecule has 1 aliphatic heterocycles. The number of thiocarbonyl (C=S) groups is 1. The Balaban J connectivity index is 1.58. The van der Waals surface area contributed by atoms with Crippen LogP contribution in [-0.2, 0) is 18.5 Å². The smallest absolute Gasteiger partial charge is 0.448 e. The minimum Gasteiger partial charge on any atom is -0.448 e. The molecule has 15 heteroatoms. The summed E-state index contributed by atoms with van der Waals surface area (Å²) in [6, 6.07) is 9.01. The Labute approximate surface area is 204 Å². The van der Waals surface area contributed by atoms with Crippen LogP contribution in [0, 0.1) is 0 Å². The molecule has 4 atom stereocenters. The van der Waals surface area contributed by atoms with Crippen molar-refractivity contribution in [3.8, 4) is 5.75 Å². The number of ether oxygens (including phenoxy) is 3. The number of rotatable bonds is 7. The van der Waals surface area contributed by atoms with Crippen LogP contribution in [0.15, 0.2) is 41.4 Å². The van der Waals surface area contributed by atoms with Crippen LogP contribution in [0.3, 0.4) is 0 Å². The van der Waals surface area contributed by atoms with Crippen LogP contribution in [0.4, 0.5) is 5.82 Å². The van der Waals surface area contributed by atoms with E-state index in [9.17, 15) is 4.89 Å². The topological polar surface area (TPSA) is 136 Å². The molecule has 33 heavy (non-hydrogen) atoms. The Morgan fingerprint density at radius 1 is 1.39 bits per heavy atom. The first-order valence-corrected chi connectivity index (χ1v) is 12.5. The molecule has 4 rings (SSSR count). The van der Waals surface area contributed by atoms with Crippen molar-refractivity contribution in [3.63, 3.8) is 0 Å². The lowest BCUT2D eigenvalue weighted by atomic mass is 10.2. The molecule has 172 valence electrons. The van der Waals surface area contributed by atoms with E-state index in [-0.39, 0.29) is 17.7 Å². The van der Waals surface area contributed by atoms with Crippen LogP contribution in [0.2, 0.25) is 0 Å². The summed E-state index contributed by atoms with van der Waals surface area (Å²) < 4.78 is 29.9. The SMILES string of the molecule is [B][P+](O)(OC)OC[C@@H]1C[C@H](OC(=S)Oc2ccccc2)[C@H](n2c(Br)nc3c(N)ncnc32)O1. The zero-order valence-corrected chi connectivity index (χ0v) is 20.6. The van der Waals surface area contributed by atoms with E-state index < -0.39 is 26.3 Å². The third-order valence-electron chi connectivity index (χ3n) is 4.76. The first-order chi connectivity index (χ1) is 15.8. The maximum absolute atomic E-state index is 9.89. The van der Waals surface area contributed by atoms with Crippen LogP contribution < -0.4 is 10.5 Å². The minimum absolute atomic E-state index is 0.0430. The molecule has 1 aromatic carbocycles. The van der Waals surface area contributed by atoms with E-state index in [4.69, 9.17) is 48.8 Å². The van der Waals surface area contributed by atoms with Gasteiger partial charge in [0.1, 0.15) is 18.7 Å². The van der Waals surface area contributed by atoms with Gasteiger partial charge in [-0.1, -0.05) is 18.2 Å². The van der Waals surface area contributed by atoms with Crippen LogP contribution in [0.5, 0.6) is 5.75 Å². The second kappa shape index (κ2) is 10.1. The fourth-order valence-corrected chi connectivity index (χ4v) is 4.51. The number of hydrogen-bond acceptors (Lipinski definition) is 11. The van der Waals surface area contributed by atoms with Crippen molar-refractivity contribution in [2.24, 2.45) is 0 Å². The molecule has 3 aromatic rings. The van der Waals surface area contributed by atoms with E-state index >= 15 is 0 Å². The second-order valence-electron chi connectivity index (χ2n) is 6.93. The van der Waals surface area contributed by atoms with E-state index in [1.54, 1.807) is 16.7 Å². The number of benzene rings is 1.